The first-order chi connectivity index (χ1) is 19.0. The van der Waals surface area contributed by atoms with Crippen LogP contribution in [0.2, 0.25) is 10.0 Å². The summed E-state index contributed by atoms with van der Waals surface area (Å²) in [6.07, 6.45) is -3.12. The minimum absolute atomic E-state index is 0.00729. The number of hydrogen-bond donors (Lipinski definition) is 3. The number of alkyl halides is 3. The van der Waals surface area contributed by atoms with Crippen LogP contribution in [0.1, 0.15) is 28.0 Å². The zero-order valence-electron chi connectivity index (χ0n) is 20.7. The first-order valence-electron chi connectivity index (χ1n) is 12.0. The van der Waals surface area contributed by atoms with Crippen molar-refractivity contribution in [3.05, 3.63) is 106 Å². The van der Waals surface area contributed by atoms with Gasteiger partial charge in [0.15, 0.2) is 0 Å². The van der Waals surface area contributed by atoms with Crippen molar-refractivity contribution < 1.29 is 27.9 Å². The van der Waals surface area contributed by atoms with Gasteiger partial charge in [0.1, 0.15) is 5.69 Å². The summed E-state index contributed by atoms with van der Waals surface area (Å²) in [6.45, 7) is 0.357. The number of hydrogen-bond acceptors (Lipinski definition) is 4. The van der Waals surface area contributed by atoms with E-state index in [1.807, 2.05) is 6.07 Å². The number of anilines is 1. The second-order valence-corrected chi connectivity index (χ2v) is 9.60. The van der Waals surface area contributed by atoms with E-state index in [0.29, 0.717) is 39.0 Å². The molecule has 0 saturated heterocycles. The zero-order chi connectivity index (χ0) is 28.9. The number of carboxylic acid groups (broad SMARTS) is 1. The van der Waals surface area contributed by atoms with Gasteiger partial charge in [0.2, 0.25) is 0 Å². The van der Waals surface area contributed by atoms with Crippen LogP contribution in [0.15, 0.2) is 79.0 Å². The predicted octanol–water partition coefficient (Wildman–Crippen LogP) is 7.56. The molecule has 1 aromatic heterocycles. The second kappa shape index (κ2) is 12.4. The minimum atomic E-state index is -4.45. The van der Waals surface area contributed by atoms with Gasteiger partial charge in [-0.25, -0.2) is 0 Å². The maximum atomic E-state index is 13.1. The van der Waals surface area contributed by atoms with E-state index >= 15 is 0 Å². The third-order valence-corrected chi connectivity index (χ3v) is 6.50. The number of rotatable bonds is 9. The normalized spacial score (nSPS) is 11.2. The second-order valence-electron chi connectivity index (χ2n) is 8.76. The summed E-state index contributed by atoms with van der Waals surface area (Å²) in [6, 6.07) is 18.6. The lowest BCUT2D eigenvalue weighted by atomic mass is 10.0. The van der Waals surface area contributed by atoms with Crippen LogP contribution in [-0.4, -0.2) is 28.5 Å². The van der Waals surface area contributed by atoms with E-state index < -0.39 is 23.6 Å². The van der Waals surface area contributed by atoms with Gasteiger partial charge in [-0.05, 0) is 59.2 Å². The van der Waals surface area contributed by atoms with Crippen LogP contribution in [0.4, 0.5) is 18.9 Å². The molecule has 11 heteroatoms. The van der Waals surface area contributed by atoms with Crippen LogP contribution in [-0.2, 0) is 17.5 Å². The number of nitrogens with one attached hydrogen (secondary N) is 2. The molecule has 0 bridgehead atoms. The average Bonchev–Trinajstić information content (AvgIpc) is 2.92. The average molecular weight is 588 g/mol. The highest BCUT2D eigenvalue weighted by molar-refractivity contribution is 6.33. The van der Waals surface area contributed by atoms with Crippen LogP contribution in [0.5, 0.6) is 0 Å². The Kier molecular flexibility index (Phi) is 8.96. The minimum Gasteiger partial charge on any atom is -0.481 e. The fourth-order valence-electron chi connectivity index (χ4n) is 3.95. The molecule has 206 valence electrons. The molecule has 3 N–H and O–H groups in total. The van der Waals surface area contributed by atoms with E-state index in [0.717, 1.165) is 23.3 Å². The topological polar surface area (TPSA) is 91.3 Å². The highest BCUT2D eigenvalue weighted by atomic mass is 35.5. The number of carboxylic acids is 1. The maximum Gasteiger partial charge on any atom is 0.416 e. The van der Waals surface area contributed by atoms with Gasteiger partial charge in [-0.3, -0.25) is 14.6 Å². The molecule has 0 spiro atoms. The number of carbonyl (C=O) groups is 2. The van der Waals surface area contributed by atoms with Crippen LogP contribution in [0, 0.1) is 0 Å². The Labute approximate surface area is 237 Å². The molecule has 4 aromatic rings. The molecule has 4 rings (SSSR count). The molecule has 0 aliphatic rings. The molecule has 0 atom stereocenters. The number of halogens is 5. The SMILES string of the molecule is O=C(O)CCNC(=O)c1ccc(-c2cc(Cl)ccc2CNc2ccc(-c3cccc(C(F)(F)F)c3)c(Cl)c2)cn1. The Morgan fingerprint density at radius 2 is 1.70 bits per heavy atom. The molecule has 3 aromatic carbocycles. The van der Waals surface area contributed by atoms with Gasteiger partial charge in [-0.1, -0.05) is 53.5 Å². The summed E-state index contributed by atoms with van der Waals surface area (Å²) in [7, 11) is 0. The molecule has 0 radical (unpaired) electrons. The fourth-order valence-corrected chi connectivity index (χ4v) is 4.41. The van der Waals surface area contributed by atoms with Crippen molar-refractivity contribution in [3.8, 4) is 22.3 Å². The van der Waals surface area contributed by atoms with Crippen molar-refractivity contribution in [2.75, 3.05) is 11.9 Å². The molecule has 1 amide bonds. The molecular formula is C29H22Cl2F3N3O3. The van der Waals surface area contributed by atoms with E-state index in [9.17, 15) is 22.8 Å². The molecule has 6 nitrogen and oxygen atoms in total. The van der Waals surface area contributed by atoms with E-state index in [1.54, 1.807) is 42.5 Å². The summed E-state index contributed by atoms with van der Waals surface area (Å²) in [4.78, 5) is 27.0. The molecule has 0 unspecified atom stereocenters. The van der Waals surface area contributed by atoms with E-state index in [1.165, 1.54) is 18.3 Å². The van der Waals surface area contributed by atoms with Gasteiger partial charge in [0, 0.05) is 41.1 Å². The van der Waals surface area contributed by atoms with Crippen molar-refractivity contribution in [2.24, 2.45) is 0 Å². The van der Waals surface area contributed by atoms with Gasteiger partial charge in [-0.15, -0.1) is 0 Å². The summed E-state index contributed by atoms with van der Waals surface area (Å²) in [5.41, 5.74) is 3.24. The van der Waals surface area contributed by atoms with Crippen LogP contribution in [0.3, 0.4) is 0 Å². The highest BCUT2D eigenvalue weighted by Crippen LogP contribution is 2.36. The molecule has 1 heterocycles. The third kappa shape index (κ3) is 7.31. The standard InChI is InChI=1S/C29H22Cl2F3N3O3/c30-21-6-4-18(24(13-21)19-5-9-26(37-16-19)28(40)35-11-10-27(38)39)15-36-22-7-8-23(25(31)14-22)17-2-1-3-20(12-17)29(32,33)34/h1-9,12-14,16,36H,10-11,15H2,(H,35,40)(H,38,39). The number of aromatic nitrogens is 1. The molecule has 0 fully saturated rings. The third-order valence-electron chi connectivity index (χ3n) is 5.96. The molecule has 0 saturated carbocycles. The van der Waals surface area contributed by atoms with Crippen LogP contribution >= 0.6 is 23.2 Å². The quantitative estimate of drug-likeness (QED) is 0.188. The van der Waals surface area contributed by atoms with Gasteiger partial charge in [0.25, 0.3) is 5.91 Å². The summed E-state index contributed by atoms with van der Waals surface area (Å²) < 4.78 is 39.4. The lowest BCUT2D eigenvalue weighted by molar-refractivity contribution is -0.138. The van der Waals surface area contributed by atoms with Crippen molar-refractivity contribution in [1.82, 2.24) is 10.3 Å². The van der Waals surface area contributed by atoms with E-state index in [2.05, 4.69) is 15.6 Å². The van der Waals surface area contributed by atoms with Crippen LogP contribution in [0.25, 0.3) is 22.3 Å². The summed E-state index contributed by atoms with van der Waals surface area (Å²) in [5.74, 6) is -1.49. The number of benzene rings is 3. The molecule has 40 heavy (non-hydrogen) atoms. The largest absolute Gasteiger partial charge is 0.481 e. The van der Waals surface area contributed by atoms with Crippen molar-refractivity contribution in [1.29, 1.82) is 0 Å². The lowest BCUT2D eigenvalue weighted by Crippen LogP contribution is -2.26. The van der Waals surface area contributed by atoms with Crippen molar-refractivity contribution in [3.63, 3.8) is 0 Å². The Morgan fingerprint density at radius 1 is 0.900 bits per heavy atom. The van der Waals surface area contributed by atoms with Gasteiger partial charge >= 0.3 is 12.1 Å². The Morgan fingerprint density at radius 3 is 2.38 bits per heavy atom. The molecular weight excluding hydrogens is 566 g/mol. The maximum absolute atomic E-state index is 13.1. The number of pyridine rings is 1. The smallest absolute Gasteiger partial charge is 0.416 e. The number of nitrogens with zero attached hydrogens (tertiary/aromatic N) is 1. The number of amides is 1. The summed E-state index contributed by atoms with van der Waals surface area (Å²) in [5, 5.41) is 15.3. The Bertz CT molecular complexity index is 1540. The van der Waals surface area contributed by atoms with E-state index in [4.69, 9.17) is 28.3 Å². The fraction of sp³-hybridized carbons (Fsp3) is 0.138. The monoisotopic (exact) mass is 587 g/mol. The van der Waals surface area contributed by atoms with Crippen molar-refractivity contribution in [2.45, 2.75) is 19.1 Å². The van der Waals surface area contributed by atoms with Crippen molar-refractivity contribution >= 4 is 40.8 Å². The Balaban J connectivity index is 1.49. The van der Waals surface area contributed by atoms with Gasteiger partial charge in [-0.2, -0.15) is 13.2 Å². The zero-order valence-corrected chi connectivity index (χ0v) is 22.2. The molecule has 0 aliphatic heterocycles. The van der Waals surface area contributed by atoms with Gasteiger partial charge < -0.3 is 15.7 Å². The Hall–Kier alpha value is -4.08. The number of carbonyl (C=O) groups excluding carboxylic acids is 1. The van der Waals surface area contributed by atoms with Gasteiger partial charge in [0.05, 0.1) is 17.0 Å². The number of aliphatic carboxylic acids is 1. The lowest BCUT2D eigenvalue weighted by Gasteiger charge is -2.14. The first-order valence-corrected chi connectivity index (χ1v) is 12.7. The first kappa shape index (κ1) is 28.9. The predicted molar refractivity (Wildman–Crippen MR) is 148 cm³/mol. The highest BCUT2D eigenvalue weighted by Gasteiger charge is 2.30. The molecule has 0 aliphatic carbocycles. The van der Waals surface area contributed by atoms with E-state index in [-0.39, 0.29) is 18.7 Å². The van der Waals surface area contributed by atoms with Crippen LogP contribution < -0.4 is 10.6 Å². The summed E-state index contributed by atoms with van der Waals surface area (Å²) >= 11 is 12.7.